The van der Waals surface area contributed by atoms with Crippen LogP contribution in [0.15, 0.2) is 72.1 Å². The molecule has 2 aromatic rings. The minimum Gasteiger partial charge on any atom is -0.494 e. The van der Waals surface area contributed by atoms with Crippen LogP contribution in [0, 0.1) is 0 Å². The SMILES string of the molecule is COc1cc(N2CCNCC2)ccc1NN1C=C(c2ccccc2)[N+]2C=CN=C2C1C(N)=O. The van der Waals surface area contributed by atoms with Gasteiger partial charge in [-0.2, -0.15) is 4.99 Å². The van der Waals surface area contributed by atoms with E-state index >= 15 is 0 Å². The lowest BCUT2D eigenvalue weighted by Crippen LogP contribution is -2.57. The van der Waals surface area contributed by atoms with Gasteiger partial charge in [-0.1, -0.05) is 18.2 Å². The van der Waals surface area contributed by atoms with Gasteiger partial charge in [-0.25, -0.2) is 0 Å². The highest BCUT2D eigenvalue weighted by Gasteiger charge is 2.48. The van der Waals surface area contributed by atoms with Crippen LogP contribution in [0.3, 0.4) is 0 Å². The van der Waals surface area contributed by atoms with Crippen molar-refractivity contribution in [1.29, 1.82) is 0 Å². The first-order valence-corrected chi connectivity index (χ1v) is 10.9. The average Bonchev–Trinajstić information content (AvgIpc) is 3.34. The van der Waals surface area contributed by atoms with Gasteiger partial charge >= 0.3 is 0 Å². The Kier molecular flexibility index (Phi) is 5.72. The van der Waals surface area contributed by atoms with E-state index in [9.17, 15) is 4.79 Å². The third kappa shape index (κ3) is 4.04. The molecule has 9 heteroatoms. The standard InChI is InChI=1S/C24H27N7O2/c1-33-21-15-18(29-12-9-26-10-13-29)7-8-19(21)28-31-16-20(17-5-3-2-4-6-17)30-14-11-27-24(30)22(31)23(25)32/h2-8,11,14-16,22,26,28H,9-10,12-13H2,1H3,(H2,25,32)/q+1. The number of carbonyl (C=O) groups excluding carboxylic acids is 1. The van der Waals surface area contributed by atoms with E-state index < -0.39 is 11.9 Å². The second-order valence-electron chi connectivity index (χ2n) is 7.98. The number of piperazine rings is 1. The highest BCUT2D eigenvalue weighted by atomic mass is 16.5. The summed E-state index contributed by atoms with van der Waals surface area (Å²) >= 11 is 0. The molecule has 169 valence electrons. The molecule has 1 radical (unpaired) electrons. The molecule has 4 N–H and O–H groups in total. The molecule has 0 aliphatic carbocycles. The van der Waals surface area contributed by atoms with E-state index in [0.29, 0.717) is 11.6 Å². The summed E-state index contributed by atoms with van der Waals surface area (Å²) in [5.41, 5.74) is 12.9. The molecular weight excluding hydrogens is 418 g/mol. The molecule has 9 nitrogen and oxygen atoms in total. The summed E-state index contributed by atoms with van der Waals surface area (Å²) in [5, 5.41) is 5.07. The van der Waals surface area contributed by atoms with Crippen molar-refractivity contribution in [2.75, 3.05) is 43.6 Å². The molecule has 1 amide bonds. The molecule has 1 saturated heterocycles. The van der Waals surface area contributed by atoms with Crippen molar-refractivity contribution in [3.05, 3.63) is 72.7 Å². The van der Waals surface area contributed by atoms with Crippen LogP contribution in [0.25, 0.3) is 5.70 Å². The molecule has 0 saturated carbocycles. The lowest BCUT2D eigenvalue weighted by atomic mass is 10.1. The van der Waals surface area contributed by atoms with E-state index in [2.05, 4.69) is 26.7 Å². The van der Waals surface area contributed by atoms with Gasteiger partial charge in [0.25, 0.3) is 11.7 Å². The van der Waals surface area contributed by atoms with Crippen LogP contribution in [-0.2, 0) is 4.79 Å². The monoisotopic (exact) mass is 445 g/mol. The van der Waals surface area contributed by atoms with Gasteiger partial charge in [0.05, 0.1) is 25.2 Å². The van der Waals surface area contributed by atoms with Crippen LogP contribution in [0.2, 0.25) is 0 Å². The van der Waals surface area contributed by atoms with Crippen LogP contribution in [-0.4, -0.2) is 56.1 Å². The van der Waals surface area contributed by atoms with Crippen molar-refractivity contribution < 1.29 is 9.53 Å². The highest BCUT2D eigenvalue weighted by molar-refractivity contribution is 6.13. The zero-order valence-electron chi connectivity index (χ0n) is 18.4. The Morgan fingerprint density at radius 2 is 2.00 bits per heavy atom. The zero-order valence-corrected chi connectivity index (χ0v) is 18.4. The van der Waals surface area contributed by atoms with E-state index in [0.717, 1.165) is 48.8 Å². The Bertz CT molecular complexity index is 1120. The summed E-state index contributed by atoms with van der Waals surface area (Å²) in [6.07, 6.45) is 5.39. The fourth-order valence-electron chi connectivity index (χ4n) is 4.33. The van der Waals surface area contributed by atoms with E-state index in [-0.39, 0.29) is 0 Å². The highest BCUT2D eigenvalue weighted by Crippen LogP contribution is 2.33. The van der Waals surface area contributed by atoms with Crippen LogP contribution in [0.5, 0.6) is 5.75 Å². The van der Waals surface area contributed by atoms with Gasteiger partial charge < -0.3 is 20.7 Å². The van der Waals surface area contributed by atoms with Crippen LogP contribution >= 0.6 is 0 Å². The number of hydrogen-bond acceptors (Lipinski definition) is 8. The van der Waals surface area contributed by atoms with Gasteiger partial charge in [-0.3, -0.25) is 15.2 Å². The van der Waals surface area contributed by atoms with Gasteiger partial charge in [0.15, 0.2) is 6.20 Å². The molecule has 2 aromatic carbocycles. The topological polar surface area (TPSA) is 101 Å². The van der Waals surface area contributed by atoms with Crippen LogP contribution in [0.4, 0.5) is 11.4 Å². The zero-order chi connectivity index (χ0) is 22.8. The first-order chi connectivity index (χ1) is 16.2. The smallest absolute Gasteiger partial charge is 0.297 e. The third-order valence-electron chi connectivity index (χ3n) is 5.97. The maximum atomic E-state index is 12.5. The number of fused-ring (bicyclic) bond motifs is 1. The molecule has 3 heterocycles. The molecule has 0 spiro atoms. The molecule has 3 aliphatic rings. The lowest BCUT2D eigenvalue weighted by molar-refractivity contribution is -0.120. The van der Waals surface area contributed by atoms with Gasteiger partial charge in [-0.15, -0.1) is 0 Å². The first-order valence-electron chi connectivity index (χ1n) is 10.9. The summed E-state index contributed by atoms with van der Waals surface area (Å²) in [6, 6.07) is 15.2. The predicted octanol–water partition coefficient (Wildman–Crippen LogP) is 1.62. The number of ether oxygens (including phenoxy) is 1. The maximum absolute atomic E-state index is 12.5. The molecule has 5 rings (SSSR count). The number of nitrogens with zero attached hydrogens (tertiary/aromatic N) is 4. The number of nitrogens with one attached hydrogen (secondary N) is 2. The molecule has 33 heavy (non-hydrogen) atoms. The number of benzene rings is 2. The van der Waals surface area contributed by atoms with E-state index in [1.165, 1.54) is 0 Å². The number of hydrazine groups is 1. The Hall–Kier alpha value is -3.82. The second kappa shape index (κ2) is 8.97. The number of amides is 1. The third-order valence-corrected chi connectivity index (χ3v) is 5.97. The summed E-state index contributed by atoms with van der Waals surface area (Å²) in [6.45, 7) is 3.79. The molecule has 3 aliphatic heterocycles. The number of primary amides is 1. The van der Waals surface area contributed by atoms with E-state index in [1.807, 2.05) is 59.8 Å². The van der Waals surface area contributed by atoms with Crippen molar-refractivity contribution in [3.63, 3.8) is 0 Å². The van der Waals surface area contributed by atoms with Crippen molar-refractivity contribution in [2.45, 2.75) is 6.04 Å². The summed E-state index contributed by atoms with van der Waals surface area (Å²) < 4.78 is 5.69. The van der Waals surface area contributed by atoms with Gasteiger partial charge in [-0.05, 0) is 29.2 Å². The minimum atomic E-state index is -0.787. The lowest BCUT2D eigenvalue weighted by Gasteiger charge is -2.33. The number of methoxy groups -OCH3 is 1. The number of nitrogens with two attached hydrogens (primary N) is 1. The van der Waals surface area contributed by atoms with Crippen LogP contribution < -0.4 is 31.0 Å². The Morgan fingerprint density at radius 1 is 1.21 bits per heavy atom. The second-order valence-corrected chi connectivity index (χ2v) is 7.98. The molecule has 1 fully saturated rings. The van der Waals surface area contributed by atoms with Crippen molar-refractivity contribution in [3.8, 4) is 5.75 Å². The largest absolute Gasteiger partial charge is 0.494 e. The van der Waals surface area contributed by atoms with Gasteiger partial charge in [0.1, 0.15) is 5.75 Å². The normalized spacial score (nSPS) is 20.2. The molecule has 0 aromatic heterocycles. The van der Waals surface area contributed by atoms with Crippen molar-refractivity contribution >= 4 is 28.8 Å². The first kappa shape index (κ1) is 21.0. The summed E-state index contributed by atoms with van der Waals surface area (Å²) in [7, 11) is 1.64. The Labute approximate surface area is 192 Å². The maximum Gasteiger partial charge on any atom is 0.297 e. The molecule has 1 atom stereocenters. The number of amidine groups is 1. The number of carbonyl (C=O) groups is 1. The fraction of sp³-hybridized carbons (Fsp3) is 0.250. The number of aliphatic imine (C=N–C) groups is 1. The van der Waals surface area contributed by atoms with Crippen LogP contribution in [0.1, 0.15) is 5.56 Å². The predicted molar refractivity (Wildman–Crippen MR) is 130 cm³/mol. The van der Waals surface area contributed by atoms with E-state index in [1.54, 1.807) is 18.3 Å². The minimum absolute atomic E-state index is 0.505. The van der Waals surface area contributed by atoms with E-state index in [4.69, 9.17) is 10.5 Å². The number of rotatable bonds is 6. The van der Waals surface area contributed by atoms with Crippen molar-refractivity contribution in [1.82, 2.24) is 15.2 Å². The molecular formula is C24H27N7O2+. The quantitative estimate of drug-likeness (QED) is 0.585. The van der Waals surface area contributed by atoms with Crippen molar-refractivity contribution in [2.24, 2.45) is 10.7 Å². The summed E-state index contributed by atoms with van der Waals surface area (Å²) in [5.74, 6) is 0.723. The Balaban J connectivity index is 1.50. The molecule has 1 unspecified atom stereocenters. The van der Waals surface area contributed by atoms with Gasteiger partial charge in [0.2, 0.25) is 11.7 Å². The number of anilines is 2. The Morgan fingerprint density at radius 3 is 2.73 bits per heavy atom. The summed E-state index contributed by atoms with van der Waals surface area (Å²) in [4.78, 5) is 21.1. The number of hydrogen-bond donors (Lipinski definition) is 3. The van der Waals surface area contributed by atoms with Gasteiger partial charge in [0, 0.05) is 43.5 Å². The average molecular weight is 446 g/mol. The molecule has 0 bridgehead atoms. The fourth-order valence-corrected chi connectivity index (χ4v) is 4.33.